The lowest BCUT2D eigenvalue weighted by atomic mass is 10.2. The van der Waals surface area contributed by atoms with Gasteiger partial charge in [-0.15, -0.1) is 0 Å². The van der Waals surface area contributed by atoms with E-state index >= 15 is 0 Å². The number of thioether (sulfide) groups is 1. The van der Waals surface area contributed by atoms with Crippen molar-refractivity contribution in [1.29, 1.82) is 0 Å². The van der Waals surface area contributed by atoms with E-state index in [2.05, 4.69) is 4.90 Å². The second-order valence-electron chi connectivity index (χ2n) is 5.19. The minimum absolute atomic E-state index is 0.120. The van der Waals surface area contributed by atoms with Crippen LogP contribution in [0.15, 0.2) is 12.1 Å². The molecule has 1 saturated heterocycles. The van der Waals surface area contributed by atoms with Crippen molar-refractivity contribution in [3.63, 3.8) is 0 Å². The van der Waals surface area contributed by atoms with Crippen LogP contribution in [-0.4, -0.2) is 62.8 Å². The molecule has 2 N–H and O–H groups in total. The zero-order valence-corrected chi connectivity index (χ0v) is 13.7. The van der Waals surface area contributed by atoms with Crippen LogP contribution in [-0.2, 0) is 0 Å². The highest BCUT2D eigenvalue weighted by Crippen LogP contribution is 2.29. The van der Waals surface area contributed by atoms with Gasteiger partial charge in [-0.1, -0.05) is 0 Å². The van der Waals surface area contributed by atoms with Gasteiger partial charge in [0, 0.05) is 57.2 Å². The second-order valence-corrected chi connectivity index (χ2v) is 6.18. The van der Waals surface area contributed by atoms with Crippen LogP contribution < -0.4 is 15.4 Å². The zero-order chi connectivity index (χ0) is 15.9. The van der Waals surface area contributed by atoms with Crippen LogP contribution in [0, 0.1) is 11.6 Å². The molecule has 1 aliphatic rings. The lowest BCUT2D eigenvalue weighted by molar-refractivity contribution is 0.264. The fourth-order valence-electron chi connectivity index (χ4n) is 2.50. The molecule has 0 spiro atoms. The fraction of sp³-hybridized carbons (Fsp3) is 0.600. The van der Waals surface area contributed by atoms with Gasteiger partial charge in [0.2, 0.25) is 0 Å². The summed E-state index contributed by atoms with van der Waals surface area (Å²) in [5, 5.41) is 0. The Kier molecular flexibility index (Phi) is 6.72. The maximum absolute atomic E-state index is 14.1. The van der Waals surface area contributed by atoms with Gasteiger partial charge in [0.25, 0.3) is 0 Å². The number of anilines is 1. The molecular formula is C15H23F2N3OS. The first-order valence-corrected chi connectivity index (χ1v) is 8.83. The minimum atomic E-state index is -0.649. The average molecular weight is 331 g/mol. The third-order valence-corrected chi connectivity index (χ3v) is 4.28. The third kappa shape index (κ3) is 4.47. The van der Waals surface area contributed by atoms with Crippen molar-refractivity contribution < 1.29 is 13.5 Å². The van der Waals surface area contributed by atoms with E-state index in [0.29, 0.717) is 31.9 Å². The van der Waals surface area contributed by atoms with Gasteiger partial charge in [0.15, 0.2) is 11.6 Å². The number of rotatable bonds is 7. The molecule has 124 valence electrons. The van der Waals surface area contributed by atoms with Crippen molar-refractivity contribution in [3.05, 3.63) is 23.8 Å². The molecule has 1 aromatic carbocycles. The van der Waals surface area contributed by atoms with Gasteiger partial charge in [0.1, 0.15) is 5.82 Å². The average Bonchev–Trinajstić information content (AvgIpc) is 2.51. The van der Waals surface area contributed by atoms with E-state index in [9.17, 15) is 8.78 Å². The molecule has 2 rings (SSSR count). The maximum Gasteiger partial charge on any atom is 0.168 e. The summed E-state index contributed by atoms with van der Waals surface area (Å²) < 4.78 is 33.3. The molecule has 1 heterocycles. The van der Waals surface area contributed by atoms with Crippen LogP contribution in [0.2, 0.25) is 0 Å². The van der Waals surface area contributed by atoms with Gasteiger partial charge in [-0.25, -0.2) is 8.78 Å². The Morgan fingerprint density at radius 2 is 1.91 bits per heavy atom. The van der Waals surface area contributed by atoms with Gasteiger partial charge >= 0.3 is 0 Å². The molecule has 0 aromatic heterocycles. The quantitative estimate of drug-likeness (QED) is 0.772. The van der Waals surface area contributed by atoms with Crippen molar-refractivity contribution in [3.8, 4) is 5.75 Å². The van der Waals surface area contributed by atoms with Crippen LogP contribution in [0.5, 0.6) is 5.75 Å². The van der Waals surface area contributed by atoms with Crippen molar-refractivity contribution in [2.45, 2.75) is 0 Å². The monoisotopic (exact) mass is 331 g/mol. The van der Waals surface area contributed by atoms with Crippen LogP contribution in [0.3, 0.4) is 0 Å². The maximum atomic E-state index is 14.1. The van der Waals surface area contributed by atoms with E-state index in [4.69, 9.17) is 10.5 Å². The van der Waals surface area contributed by atoms with Crippen LogP contribution >= 0.6 is 11.8 Å². The molecule has 0 radical (unpaired) electrons. The molecule has 0 atom stereocenters. The summed E-state index contributed by atoms with van der Waals surface area (Å²) in [5.74, 6) is -0.301. The normalized spacial score (nSPS) is 16.1. The van der Waals surface area contributed by atoms with Crippen molar-refractivity contribution in [2.24, 2.45) is 5.73 Å². The van der Waals surface area contributed by atoms with Gasteiger partial charge < -0.3 is 15.4 Å². The van der Waals surface area contributed by atoms with Crippen LogP contribution in [0.1, 0.15) is 0 Å². The SMILES string of the molecule is CSCCOc1cc(N2CCN(CCN)CC2)c(F)cc1F. The Morgan fingerprint density at radius 3 is 2.55 bits per heavy atom. The Morgan fingerprint density at radius 1 is 1.18 bits per heavy atom. The second kappa shape index (κ2) is 8.55. The van der Waals surface area contributed by atoms with E-state index < -0.39 is 11.6 Å². The molecule has 1 aliphatic heterocycles. The predicted molar refractivity (Wildman–Crippen MR) is 87.9 cm³/mol. The molecular weight excluding hydrogens is 308 g/mol. The number of hydrogen-bond acceptors (Lipinski definition) is 5. The molecule has 22 heavy (non-hydrogen) atoms. The summed E-state index contributed by atoms with van der Waals surface area (Å²) in [5.41, 5.74) is 5.96. The van der Waals surface area contributed by atoms with Crippen molar-refractivity contribution >= 4 is 17.4 Å². The molecule has 1 aromatic rings. The summed E-state index contributed by atoms with van der Waals surface area (Å²) in [6.07, 6.45) is 1.95. The molecule has 0 saturated carbocycles. The van der Waals surface area contributed by atoms with Crippen LogP contribution in [0.4, 0.5) is 14.5 Å². The Hall–Kier alpha value is -1.05. The van der Waals surface area contributed by atoms with E-state index in [0.717, 1.165) is 31.5 Å². The lowest BCUT2D eigenvalue weighted by Gasteiger charge is -2.36. The summed E-state index contributed by atoms with van der Waals surface area (Å²) in [6.45, 7) is 4.95. The molecule has 0 bridgehead atoms. The van der Waals surface area contributed by atoms with Gasteiger partial charge in [-0.2, -0.15) is 11.8 Å². The lowest BCUT2D eigenvalue weighted by Crippen LogP contribution is -2.48. The van der Waals surface area contributed by atoms with Gasteiger partial charge in [-0.05, 0) is 6.26 Å². The minimum Gasteiger partial charge on any atom is -0.490 e. The van der Waals surface area contributed by atoms with Gasteiger partial charge in [-0.3, -0.25) is 4.90 Å². The highest BCUT2D eigenvalue weighted by atomic mass is 32.2. The first kappa shape index (κ1) is 17.3. The molecule has 0 amide bonds. The number of halogens is 2. The van der Waals surface area contributed by atoms with E-state index in [-0.39, 0.29) is 5.75 Å². The highest BCUT2D eigenvalue weighted by Gasteiger charge is 2.21. The fourth-order valence-corrected chi connectivity index (χ4v) is 2.75. The standard InChI is InChI=1S/C15H23F2N3OS/c1-22-9-8-21-15-11-14(12(16)10-13(15)17)20-6-4-19(3-2-18)5-7-20/h10-11H,2-9,18H2,1H3. The molecule has 1 fully saturated rings. The molecule has 4 nitrogen and oxygen atoms in total. The number of hydrogen-bond donors (Lipinski definition) is 1. The number of nitrogens with two attached hydrogens (primary N) is 1. The van der Waals surface area contributed by atoms with Crippen molar-refractivity contribution in [2.75, 3.05) is 62.8 Å². The van der Waals surface area contributed by atoms with Gasteiger partial charge in [0.05, 0.1) is 12.3 Å². The Balaban J connectivity index is 2.05. The first-order chi connectivity index (χ1) is 10.7. The Bertz CT molecular complexity index is 482. The zero-order valence-electron chi connectivity index (χ0n) is 12.9. The van der Waals surface area contributed by atoms with E-state index in [1.165, 1.54) is 6.07 Å². The third-order valence-electron chi connectivity index (χ3n) is 3.70. The van der Waals surface area contributed by atoms with Crippen molar-refractivity contribution in [1.82, 2.24) is 4.90 Å². The van der Waals surface area contributed by atoms with E-state index in [1.807, 2.05) is 11.2 Å². The topological polar surface area (TPSA) is 41.7 Å². The predicted octanol–water partition coefficient (Wildman–Crippen LogP) is 1.79. The summed E-state index contributed by atoms with van der Waals surface area (Å²) in [7, 11) is 0. The molecule has 0 aliphatic carbocycles. The Labute approximate surface area is 134 Å². The largest absolute Gasteiger partial charge is 0.490 e. The van der Waals surface area contributed by atoms with Crippen LogP contribution in [0.25, 0.3) is 0 Å². The number of piperazine rings is 1. The molecule has 0 unspecified atom stereocenters. The highest BCUT2D eigenvalue weighted by molar-refractivity contribution is 7.98. The first-order valence-electron chi connectivity index (χ1n) is 7.44. The smallest absolute Gasteiger partial charge is 0.168 e. The molecule has 7 heteroatoms. The summed E-state index contributed by atoms with van der Waals surface area (Å²) in [6, 6.07) is 2.39. The summed E-state index contributed by atoms with van der Waals surface area (Å²) >= 11 is 1.62. The number of benzene rings is 1. The van der Waals surface area contributed by atoms with E-state index in [1.54, 1.807) is 11.8 Å². The number of ether oxygens (including phenoxy) is 1. The summed E-state index contributed by atoms with van der Waals surface area (Å²) in [4.78, 5) is 4.18. The number of nitrogens with zero attached hydrogens (tertiary/aromatic N) is 2.